The first-order valence-electron chi connectivity index (χ1n) is 8.02. The molecule has 6 nitrogen and oxygen atoms in total. The molecule has 0 aliphatic heterocycles. The predicted molar refractivity (Wildman–Crippen MR) is 102 cm³/mol. The number of hydrogen-bond donors (Lipinski definition) is 2. The maximum absolute atomic E-state index is 12.3. The summed E-state index contributed by atoms with van der Waals surface area (Å²) in [6, 6.07) is 14.0. The fourth-order valence-electron chi connectivity index (χ4n) is 2.37. The summed E-state index contributed by atoms with van der Waals surface area (Å²) in [5.41, 5.74) is 1.87. The van der Waals surface area contributed by atoms with E-state index in [2.05, 4.69) is 10.6 Å². The summed E-state index contributed by atoms with van der Waals surface area (Å²) in [7, 11) is 0. The van der Waals surface area contributed by atoms with Gasteiger partial charge in [0.2, 0.25) is 17.7 Å². The lowest BCUT2D eigenvalue weighted by molar-refractivity contribution is -0.123. The first-order valence-corrected chi connectivity index (χ1v) is 8.40. The molecule has 136 valence electrons. The summed E-state index contributed by atoms with van der Waals surface area (Å²) in [6.45, 7) is 2.92. The molecule has 7 heteroatoms. The van der Waals surface area contributed by atoms with Crippen LogP contribution in [0.3, 0.4) is 0 Å². The van der Waals surface area contributed by atoms with Gasteiger partial charge in [-0.25, -0.2) is 0 Å². The summed E-state index contributed by atoms with van der Waals surface area (Å²) in [5, 5.41) is 5.98. The lowest BCUT2D eigenvalue weighted by Crippen LogP contribution is -2.39. The second kappa shape index (κ2) is 9.01. The molecule has 0 spiro atoms. The molecule has 0 unspecified atom stereocenters. The summed E-state index contributed by atoms with van der Waals surface area (Å²) in [6.07, 6.45) is 0. The molecule has 0 saturated heterocycles. The van der Waals surface area contributed by atoms with Crippen LogP contribution in [0.15, 0.2) is 48.5 Å². The van der Waals surface area contributed by atoms with Crippen molar-refractivity contribution in [2.24, 2.45) is 0 Å². The van der Waals surface area contributed by atoms with Crippen LogP contribution in [0.4, 0.5) is 11.4 Å². The number of rotatable bonds is 6. The Morgan fingerprint density at radius 2 is 1.77 bits per heavy atom. The lowest BCUT2D eigenvalue weighted by Gasteiger charge is -2.21. The average Bonchev–Trinajstić information content (AvgIpc) is 2.58. The van der Waals surface area contributed by atoms with Crippen LogP contribution < -0.4 is 15.5 Å². The Kier molecular flexibility index (Phi) is 6.74. The molecular weight excluding hydrogens is 354 g/mol. The van der Waals surface area contributed by atoms with Crippen molar-refractivity contribution in [2.75, 3.05) is 16.8 Å². The normalized spacial score (nSPS) is 10.1. The molecule has 2 aromatic rings. The van der Waals surface area contributed by atoms with Crippen molar-refractivity contribution < 1.29 is 14.4 Å². The SMILES string of the molecule is CC(=O)Nc1cccc(N(CC(=O)NCc2ccccc2Cl)C(C)=O)c1. The Hall–Kier alpha value is -2.86. The molecule has 2 N–H and O–H groups in total. The summed E-state index contributed by atoms with van der Waals surface area (Å²) < 4.78 is 0. The molecule has 0 aromatic heterocycles. The summed E-state index contributed by atoms with van der Waals surface area (Å²) >= 11 is 6.07. The molecule has 26 heavy (non-hydrogen) atoms. The van der Waals surface area contributed by atoms with Crippen LogP contribution in [0.5, 0.6) is 0 Å². The molecular formula is C19H20ClN3O3. The number of benzene rings is 2. The number of hydrogen-bond acceptors (Lipinski definition) is 3. The molecule has 3 amide bonds. The van der Waals surface area contributed by atoms with Crippen LogP contribution >= 0.6 is 11.6 Å². The van der Waals surface area contributed by atoms with Gasteiger partial charge >= 0.3 is 0 Å². The van der Waals surface area contributed by atoms with Crippen molar-refractivity contribution in [3.63, 3.8) is 0 Å². The van der Waals surface area contributed by atoms with Gasteiger partial charge in [-0.2, -0.15) is 0 Å². The highest BCUT2D eigenvalue weighted by Gasteiger charge is 2.16. The van der Waals surface area contributed by atoms with Gasteiger partial charge in [-0.3, -0.25) is 14.4 Å². The topological polar surface area (TPSA) is 78.5 Å². The van der Waals surface area contributed by atoms with Crippen LogP contribution in [0.2, 0.25) is 5.02 Å². The molecule has 0 aliphatic carbocycles. The van der Waals surface area contributed by atoms with E-state index in [1.54, 1.807) is 30.3 Å². The standard InChI is InChI=1S/C19H20ClN3O3/c1-13(24)22-16-7-5-8-17(10-16)23(14(2)25)12-19(26)21-11-15-6-3-4-9-18(15)20/h3-10H,11-12H2,1-2H3,(H,21,26)(H,22,24). The van der Waals surface area contributed by atoms with Crippen LogP contribution in [-0.2, 0) is 20.9 Å². The number of halogens is 1. The third-order valence-corrected chi connectivity index (χ3v) is 3.96. The van der Waals surface area contributed by atoms with Crippen LogP contribution in [0, 0.1) is 0 Å². The van der Waals surface area contributed by atoms with Crippen LogP contribution in [-0.4, -0.2) is 24.3 Å². The van der Waals surface area contributed by atoms with E-state index in [9.17, 15) is 14.4 Å². The molecule has 0 fully saturated rings. The van der Waals surface area contributed by atoms with Crippen molar-refractivity contribution >= 4 is 40.7 Å². The summed E-state index contributed by atoms with van der Waals surface area (Å²) in [4.78, 5) is 36.8. The van der Waals surface area contributed by atoms with E-state index >= 15 is 0 Å². The molecule has 0 bridgehead atoms. The van der Waals surface area contributed by atoms with Gasteiger partial charge in [-0.05, 0) is 29.8 Å². The third-order valence-electron chi connectivity index (χ3n) is 3.59. The molecule has 2 rings (SSSR count). The number of carbonyl (C=O) groups excluding carboxylic acids is 3. The molecule has 0 radical (unpaired) electrons. The highest BCUT2D eigenvalue weighted by molar-refractivity contribution is 6.31. The van der Waals surface area contributed by atoms with Gasteiger partial charge in [0.1, 0.15) is 6.54 Å². The minimum atomic E-state index is -0.315. The number of nitrogens with one attached hydrogen (secondary N) is 2. The largest absolute Gasteiger partial charge is 0.350 e. The van der Waals surface area contributed by atoms with Gasteiger partial charge in [0.05, 0.1) is 0 Å². The van der Waals surface area contributed by atoms with Crippen molar-refractivity contribution in [3.8, 4) is 0 Å². The van der Waals surface area contributed by atoms with Crippen molar-refractivity contribution in [1.29, 1.82) is 0 Å². The summed E-state index contributed by atoms with van der Waals surface area (Å²) in [5.74, 6) is -0.808. The third kappa shape index (κ3) is 5.60. The highest BCUT2D eigenvalue weighted by atomic mass is 35.5. The molecule has 2 aromatic carbocycles. The Labute approximate surface area is 157 Å². The van der Waals surface area contributed by atoms with E-state index < -0.39 is 0 Å². The fourth-order valence-corrected chi connectivity index (χ4v) is 2.58. The van der Waals surface area contributed by atoms with Gasteiger partial charge in [-0.1, -0.05) is 35.9 Å². The van der Waals surface area contributed by atoms with Gasteiger partial charge in [0, 0.05) is 36.8 Å². The quantitative estimate of drug-likeness (QED) is 0.817. The zero-order chi connectivity index (χ0) is 19.1. The predicted octanol–water partition coefficient (Wildman–Crippen LogP) is 2.97. The van der Waals surface area contributed by atoms with E-state index in [1.165, 1.54) is 18.7 Å². The van der Waals surface area contributed by atoms with Gasteiger partial charge in [0.25, 0.3) is 0 Å². The second-order valence-corrected chi connectivity index (χ2v) is 6.11. The van der Waals surface area contributed by atoms with Crippen molar-refractivity contribution in [3.05, 3.63) is 59.1 Å². The van der Waals surface area contributed by atoms with Crippen LogP contribution in [0.25, 0.3) is 0 Å². The smallest absolute Gasteiger partial charge is 0.240 e. The first kappa shape index (κ1) is 19.5. The maximum Gasteiger partial charge on any atom is 0.240 e. The maximum atomic E-state index is 12.3. The van der Waals surface area contributed by atoms with Crippen molar-refractivity contribution in [2.45, 2.75) is 20.4 Å². The first-order chi connectivity index (χ1) is 12.4. The lowest BCUT2D eigenvalue weighted by atomic mass is 10.2. The van der Waals surface area contributed by atoms with E-state index in [0.717, 1.165) is 5.56 Å². The Morgan fingerprint density at radius 3 is 2.42 bits per heavy atom. The van der Waals surface area contributed by atoms with E-state index in [-0.39, 0.29) is 30.8 Å². The van der Waals surface area contributed by atoms with Crippen molar-refractivity contribution in [1.82, 2.24) is 5.32 Å². The Bertz CT molecular complexity index is 823. The fraction of sp³-hybridized carbons (Fsp3) is 0.211. The number of amides is 3. The van der Waals surface area contributed by atoms with Gasteiger partial charge < -0.3 is 15.5 Å². The minimum Gasteiger partial charge on any atom is -0.350 e. The van der Waals surface area contributed by atoms with Gasteiger partial charge in [-0.15, -0.1) is 0 Å². The monoisotopic (exact) mass is 373 g/mol. The number of carbonyl (C=O) groups is 3. The van der Waals surface area contributed by atoms with Gasteiger partial charge in [0.15, 0.2) is 0 Å². The zero-order valence-electron chi connectivity index (χ0n) is 14.6. The molecule has 0 atom stereocenters. The number of nitrogens with zero attached hydrogens (tertiary/aromatic N) is 1. The second-order valence-electron chi connectivity index (χ2n) is 5.70. The highest BCUT2D eigenvalue weighted by Crippen LogP contribution is 2.20. The molecule has 0 aliphatic rings. The Balaban J connectivity index is 2.06. The van der Waals surface area contributed by atoms with E-state index in [0.29, 0.717) is 16.4 Å². The number of anilines is 2. The molecule has 0 heterocycles. The minimum absolute atomic E-state index is 0.136. The van der Waals surface area contributed by atoms with Crippen LogP contribution in [0.1, 0.15) is 19.4 Å². The van der Waals surface area contributed by atoms with E-state index in [1.807, 2.05) is 18.2 Å². The average molecular weight is 374 g/mol. The zero-order valence-corrected chi connectivity index (χ0v) is 15.3. The van der Waals surface area contributed by atoms with E-state index in [4.69, 9.17) is 11.6 Å². The molecule has 0 saturated carbocycles. The Morgan fingerprint density at radius 1 is 1.04 bits per heavy atom.